The molecule has 0 aliphatic rings. The van der Waals surface area contributed by atoms with Crippen molar-refractivity contribution in [3.05, 3.63) is 71.0 Å². The highest BCUT2D eigenvalue weighted by molar-refractivity contribution is 7.92. The maximum atomic E-state index is 13.2. The molecular formula is C24H21F3N4O5S. The van der Waals surface area contributed by atoms with E-state index < -0.39 is 27.7 Å². The number of hydrogen-bond donors (Lipinski definition) is 2. The van der Waals surface area contributed by atoms with Gasteiger partial charge in [0.25, 0.3) is 10.0 Å². The lowest BCUT2D eigenvalue weighted by molar-refractivity contribution is -0.137. The van der Waals surface area contributed by atoms with E-state index in [1.54, 1.807) is 20.8 Å². The van der Waals surface area contributed by atoms with Crippen molar-refractivity contribution < 1.29 is 35.6 Å². The van der Waals surface area contributed by atoms with Gasteiger partial charge in [0.15, 0.2) is 0 Å². The third-order valence-electron chi connectivity index (χ3n) is 5.51. The highest BCUT2D eigenvalue weighted by atomic mass is 32.2. The van der Waals surface area contributed by atoms with Crippen LogP contribution in [0.3, 0.4) is 0 Å². The summed E-state index contributed by atoms with van der Waals surface area (Å²) in [5.41, 5.74) is 0.743. The van der Waals surface area contributed by atoms with E-state index in [1.165, 1.54) is 30.3 Å². The second-order valence-corrected chi connectivity index (χ2v) is 9.66. The Labute approximate surface area is 209 Å². The van der Waals surface area contributed by atoms with Crippen LogP contribution in [0.5, 0.6) is 0 Å². The molecule has 0 amide bonds. The van der Waals surface area contributed by atoms with Crippen LogP contribution in [0.2, 0.25) is 0 Å². The number of benzene rings is 2. The zero-order valence-corrected chi connectivity index (χ0v) is 20.6. The van der Waals surface area contributed by atoms with Gasteiger partial charge in [-0.25, -0.2) is 17.9 Å². The summed E-state index contributed by atoms with van der Waals surface area (Å²) in [6.45, 7) is 5.03. The van der Waals surface area contributed by atoms with Crippen molar-refractivity contribution in [1.82, 2.24) is 10.1 Å². The van der Waals surface area contributed by atoms with Crippen LogP contribution < -0.4 is 10.0 Å². The largest absolute Gasteiger partial charge is 0.462 e. The number of nitrogens with zero attached hydrogens (tertiary/aromatic N) is 2. The number of esters is 1. The number of carbonyl (C=O) groups excluding carboxylic acids is 1. The Morgan fingerprint density at radius 3 is 2.41 bits per heavy atom. The third kappa shape index (κ3) is 5.35. The smallest absolute Gasteiger partial charge is 0.416 e. The summed E-state index contributed by atoms with van der Waals surface area (Å²) >= 11 is 0. The number of anilines is 3. The number of ether oxygens (including phenoxy) is 1. The van der Waals surface area contributed by atoms with E-state index in [1.807, 2.05) is 0 Å². The van der Waals surface area contributed by atoms with Gasteiger partial charge in [-0.2, -0.15) is 13.2 Å². The summed E-state index contributed by atoms with van der Waals surface area (Å²) in [4.78, 5) is 16.5. The lowest BCUT2D eigenvalue weighted by Gasteiger charge is -2.16. The number of pyridine rings is 1. The summed E-state index contributed by atoms with van der Waals surface area (Å²) in [7, 11) is -4.00. The van der Waals surface area contributed by atoms with Gasteiger partial charge in [-0.1, -0.05) is 11.2 Å². The number of aromatic nitrogens is 2. The highest BCUT2D eigenvalue weighted by Crippen LogP contribution is 2.35. The Morgan fingerprint density at radius 2 is 1.81 bits per heavy atom. The molecule has 2 N–H and O–H groups in total. The molecule has 0 bridgehead atoms. The maximum absolute atomic E-state index is 13.2. The van der Waals surface area contributed by atoms with Crippen LogP contribution in [-0.2, 0) is 20.9 Å². The molecule has 0 aliphatic carbocycles. The van der Waals surface area contributed by atoms with Gasteiger partial charge < -0.3 is 14.6 Å². The van der Waals surface area contributed by atoms with Crippen LogP contribution in [0, 0.1) is 13.8 Å². The normalized spacial score (nSPS) is 11.9. The molecule has 0 radical (unpaired) electrons. The fraction of sp³-hybridized carbons (Fsp3) is 0.208. The Balaban J connectivity index is 1.69. The zero-order valence-electron chi connectivity index (χ0n) is 19.8. The molecule has 0 fully saturated rings. The minimum atomic E-state index is -4.57. The quantitative estimate of drug-likeness (QED) is 0.295. The minimum Gasteiger partial charge on any atom is -0.462 e. The van der Waals surface area contributed by atoms with Crippen molar-refractivity contribution in [2.24, 2.45) is 0 Å². The molecule has 0 unspecified atom stereocenters. The molecule has 13 heteroatoms. The number of fused-ring (bicyclic) bond motifs is 1. The topological polar surface area (TPSA) is 123 Å². The van der Waals surface area contributed by atoms with E-state index in [4.69, 9.17) is 9.26 Å². The second kappa shape index (κ2) is 9.73. The first-order valence-corrected chi connectivity index (χ1v) is 12.4. The van der Waals surface area contributed by atoms with E-state index in [0.717, 1.165) is 18.3 Å². The van der Waals surface area contributed by atoms with Crippen LogP contribution in [0.4, 0.5) is 30.4 Å². The molecule has 0 saturated heterocycles. The Hall–Kier alpha value is -4.13. The van der Waals surface area contributed by atoms with Gasteiger partial charge in [-0.15, -0.1) is 0 Å². The van der Waals surface area contributed by atoms with Gasteiger partial charge in [0.2, 0.25) is 5.88 Å². The Bertz CT molecular complexity index is 1580. The summed E-state index contributed by atoms with van der Waals surface area (Å²) in [5.74, 6) is -0.722. The highest BCUT2D eigenvalue weighted by Gasteiger charge is 2.31. The monoisotopic (exact) mass is 534 g/mol. The average Bonchev–Trinajstić information content (AvgIpc) is 3.15. The predicted molar refractivity (Wildman–Crippen MR) is 129 cm³/mol. The number of hydrogen-bond acceptors (Lipinski definition) is 8. The fourth-order valence-electron chi connectivity index (χ4n) is 3.42. The standard InChI is InChI=1S/C24H21F3N4O5S/c1-4-35-23(32)19-12-28-20-11-15(24(25,26)27)5-10-18(20)21(19)29-16-6-8-17(9-7-16)37(33,34)31-22-13(2)14(3)30-36-22/h5-12,31H,4H2,1-3H3,(H,28,29). The maximum Gasteiger partial charge on any atom is 0.416 e. The van der Waals surface area contributed by atoms with Gasteiger partial charge in [0.1, 0.15) is 5.56 Å². The molecule has 0 saturated carbocycles. The lowest BCUT2D eigenvalue weighted by Crippen LogP contribution is -2.13. The fourth-order valence-corrected chi connectivity index (χ4v) is 4.47. The number of aryl methyl sites for hydroxylation is 1. The molecule has 0 spiro atoms. The molecule has 4 rings (SSSR count). The molecule has 194 valence electrons. The molecule has 37 heavy (non-hydrogen) atoms. The van der Waals surface area contributed by atoms with Crippen LogP contribution >= 0.6 is 0 Å². The van der Waals surface area contributed by atoms with E-state index in [0.29, 0.717) is 16.9 Å². The molecule has 2 heterocycles. The first-order chi connectivity index (χ1) is 17.4. The van der Waals surface area contributed by atoms with Crippen LogP contribution in [0.25, 0.3) is 10.9 Å². The van der Waals surface area contributed by atoms with Gasteiger partial charge in [-0.05, 0) is 57.2 Å². The van der Waals surface area contributed by atoms with E-state index >= 15 is 0 Å². The molecule has 2 aromatic carbocycles. The summed E-state index contributed by atoms with van der Waals surface area (Å²) in [6.07, 6.45) is -3.44. The van der Waals surface area contributed by atoms with Crippen LogP contribution in [0.1, 0.15) is 34.1 Å². The second-order valence-electron chi connectivity index (χ2n) is 7.97. The van der Waals surface area contributed by atoms with Crippen molar-refractivity contribution in [2.75, 3.05) is 16.6 Å². The minimum absolute atomic E-state index is 0.000242. The number of rotatable bonds is 7. The SMILES string of the molecule is CCOC(=O)c1cnc2cc(C(F)(F)F)ccc2c1Nc1ccc(S(=O)(=O)Nc2onc(C)c2C)cc1. The van der Waals surface area contributed by atoms with Crippen LogP contribution in [0.15, 0.2) is 58.1 Å². The molecule has 0 aliphatic heterocycles. The van der Waals surface area contributed by atoms with Gasteiger partial charge in [-0.3, -0.25) is 4.98 Å². The predicted octanol–water partition coefficient (Wildman–Crippen LogP) is 5.58. The summed E-state index contributed by atoms with van der Waals surface area (Å²) < 4.78 is 77.5. The molecule has 0 atom stereocenters. The number of alkyl halides is 3. The van der Waals surface area contributed by atoms with E-state index in [2.05, 4.69) is 20.2 Å². The number of carbonyl (C=O) groups is 1. The van der Waals surface area contributed by atoms with Crippen molar-refractivity contribution >= 4 is 44.2 Å². The third-order valence-corrected chi connectivity index (χ3v) is 6.86. The van der Waals surface area contributed by atoms with Gasteiger partial charge >= 0.3 is 12.1 Å². The number of halogens is 3. The van der Waals surface area contributed by atoms with Crippen LogP contribution in [-0.4, -0.2) is 31.1 Å². The molecular weight excluding hydrogens is 513 g/mol. The molecule has 4 aromatic rings. The van der Waals surface area contributed by atoms with E-state index in [9.17, 15) is 26.4 Å². The van der Waals surface area contributed by atoms with Crippen molar-refractivity contribution in [3.63, 3.8) is 0 Å². The lowest BCUT2D eigenvalue weighted by atomic mass is 10.1. The van der Waals surface area contributed by atoms with Crippen molar-refractivity contribution in [3.8, 4) is 0 Å². The summed E-state index contributed by atoms with van der Waals surface area (Å²) in [5, 5.41) is 6.95. The van der Waals surface area contributed by atoms with E-state index in [-0.39, 0.29) is 39.5 Å². The number of nitrogens with one attached hydrogen (secondary N) is 2. The Kier molecular flexibility index (Phi) is 6.82. The molecule has 2 aromatic heterocycles. The number of sulfonamides is 1. The van der Waals surface area contributed by atoms with Gasteiger partial charge in [0.05, 0.1) is 34.0 Å². The zero-order chi connectivity index (χ0) is 27.0. The first kappa shape index (κ1) is 25.9. The Morgan fingerprint density at radius 1 is 1.11 bits per heavy atom. The van der Waals surface area contributed by atoms with Gasteiger partial charge in [0, 0.05) is 22.8 Å². The van der Waals surface area contributed by atoms with Crippen molar-refractivity contribution in [2.45, 2.75) is 31.8 Å². The van der Waals surface area contributed by atoms with Crippen molar-refractivity contribution in [1.29, 1.82) is 0 Å². The average molecular weight is 535 g/mol. The summed E-state index contributed by atoms with van der Waals surface area (Å²) in [6, 6.07) is 8.50. The first-order valence-electron chi connectivity index (χ1n) is 10.9. The molecule has 9 nitrogen and oxygen atoms in total.